The van der Waals surface area contributed by atoms with Gasteiger partial charge < -0.3 is 10.1 Å². The first-order valence-corrected chi connectivity index (χ1v) is 9.95. The first kappa shape index (κ1) is 17.2. The number of ether oxygens (including phenoxy) is 1. The van der Waals surface area contributed by atoms with Gasteiger partial charge in [-0.25, -0.2) is 8.42 Å². The highest BCUT2D eigenvalue weighted by Crippen LogP contribution is 2.32. The van der Waals surface area contributed by atoms with Crippen molar-refractivity contribution in [2.45, 2.75) is 43.4 Å². The number of hydrogen-bond acceptors (Lipinski definition) is 4. The molecule has 2 aliphatic rings. The lowest BCUT2D eigenvalue weighted by atomic mass is 9.85. The van der Waals surface area contributed by atoms with Gasteiger partial charge in [0.1, 0.15) is 10.6 Å². The van der Waals surface area contributed by atoms with Crippen molar-refractivity contribution in [3.05, 3.63) is 18.2 Å². The van der Waals surface area contributed by atoms with Crippen LogP contribution in [0.4, 0.5) is 5.69 Å². The number of carbonyl (C=O) groups excluding carboxylic acids is 1. The molecule has 1 saturated heterocycles. The maximum atomic E-state index is 12.9. The number of methoxy groups -OCH3 is 1. The zero-order valence-electron chi connectivity index (χ0n) is 14.0. The Morgan fingerprint density at radius 2 is 1.88 bits per heavy atom. The van der Waals surface area contributed by atoms with E-state index in [4.69, 9.17) is 4.74 Å². The number of rotatable bonds is 5. The highest BCUT2D eigenvalue weighted by atomic mass is 32.2. The third-order valence-corrected chi connectivity index (χ3v) is 6.76. The van der Waals surface area contributed by atoms with Crippen LogP contribution in [0.1, 0.15) is 38.5 Å². The summed E-state index contributed by atoms with van der Waals surface area (Å²) in [6.07, 6.45) is 5.69. The molecule has 1 heterocycles. The minimum atomic E-state index is -3.62. The molecule has 24 heavy (non-hydrogen) atoms. The van der Waals surface area contributed by atoms with Crippen LogP contribution in [-0.2, 0) is 14.8 Å². The molecule has 0 aromatic heterocycles. The number of sulfonamides is 1. The van der Waals surface area contributed by atoms with Crippen LogP contribution in [0.15, 0.2) is 23.1 Å². The molecule has 1 aromatic carbocycles. The second-order valence-electron chi connectivity index (χ2n) is 6.45. The molecule has 1 aliphatic carbocycles. The predicted molar refractivity (Wildman–Crippen MR) is 91.6 cm³/mol. The Bertz CT molecular complexity index is 707. The Morgan fingerprint density at radius 1 is 1.17 bits per heavy atom. The summed E-state index contributed by atoms with van der Waals surface area (Å²) < 4.78 is 32.6. The van der Waals surface area contributed by atoms with E-state index in [1.165, 1.54) is 17.5 Å². The van der Waals surface area contributed by atoms with Crippen molar-refractivity contribution >= 4 is 21.6 Å². The van der Waals surface area contributed by atoms with Gasteiger partial charge in [-0.15, -0.1) is 0 Å². The van der Waals surface area contributed by atoms with Gasteiger partial charge >= 0.3 is 0 Å². The molecule has 1 saturated carbocycles. The van der Waals surface area contributed by atoms with Crippen molar-refractivity contribution in [1.82, 2.24) is 4.31 Å². The van der Waals surface area contributed by atoms with Gasteiger partial charge in [0.2, 0.25) is 15.9 Å². The summed E-state index contributed by atoms with van der Waals surface area (Å²) in [5, 5.41) is 2.83. The molecule has 0 radical (unpaired) electrons. The molecule has 0 spiro atoms. The number of anilines is 1. The second kappa shape index (κ2) is 7.11. The van der Waals surface area contributed by atoms with E-state index in [-0.39, 0.29) is 16.7 Å². The third kappa shape index (κ3) is 3.42. The summed E-state index contributed by atoms with van der Waals surface area (Å²) in [5.41, 5.74) is 0.503. The van der Waals surface area contributed by atoms with E-state index in [2.05, 4.69) is 5.32 Å². The fourth-order valence-corrected chi connectivity index (χ4v) is 4.81. The van der Waals surface area contributed by atoms with E-state index in [9.17, 15) is 13.2 Å². The summed E-state index contributed by atoms with van der Waals surface area (Å²) in [4.78, 5) is 12.2. The van der Waals surface area contributed by atoms with Gasteiger partial charge in [0.15, 0.2) is 0 Å². The third-order valence-electron chi connectivity index (χ3n) is 4.84. The van der Waals surface area contributed by atoms with Crippen molar-refractivity contribution in [2.75, 3.05) is 25.5 Å². The Balaban J connectivity index is 1.87. The maximum absolute atomic E-state index is 12.9. The number of benzene rings is 1. The van der Waals surface area contributed by atoms with E-state index in [0.29, 0.717) is 24.5 Å². The van der Waals surface area contributed by atoms with E-state index in [1.807, 2.05) is 0 Å². The number of nitrogens with one attached hydrogen (secondary N) is 1. The minimum Gasteiger partial charge on any atom is -0.495 e. The Labute approximate surface area is 143 Å². The Morgan fingerprint density at radius 3 is 2.46 bits per heavy atom. The molecule has 1 N–H and O–H groups in total. The molecule has 6 nitrogen and oxygen atoms in total. The lowest BCUT2D eigenvalue weighted by molar-refractivity contribution is -0.122. The van der Waals surface area contributed by atoms with E-state index >= 15 is 0 Å². The molecule has 0 atom stereocenters. The second-order valence-corrected chi connectivity index (χ2v) is 8.35. The van der Waals surface area contributed by atoms with Crippen LogP contribution in [0.5, 0.6) is 5.75 Å². The van der Waals surface area contributed by atoms with Crippen LogP contribution >= 0.6 is 0 Å². The minimum absolute atomic E-state index is 0.0345. The lowest BCUT2D eigenvalue weighted by Crippen LogP contribution is -2.35. The molecular weight excluding hydrogens is 328 g/mol. The largest absolute Gasteiger partial charge is 0.495 e. The Kier molecular flexibility index (Phi) is 5.10. The topological polar surface area (TPSA) is 75.7 Å². The highest BCUT2D eigenvalue weighted by molar-refractivity contribution is 7.89. The molecule has 132 valence electrons. The number of amides is 1. The van der Waals surface area contributed by atoms with Gasteiger partial charge in [0.05, 0.1) is 7.11 Å². The van der Waals surface area contributed by atoms with Crippen LogP contribution < -0.4 is 10.1 Å². The molecule has 2 fully saturated rings. The molecule has 1 aromatic rings. The number of carbonyl (C=O) groups is 1. The van der Waals surface area contributed by atoms with Gasteiger partial charge in [0, 0.05) is 24.7 Å². The molecule has 0 unspecified atom stereocenters. The number of hydrogen-bond donors (Lipinski definition) is 1. The quantitative estimate of drug-likeness (QED) is 0.884. The maximum Gasteiger partial charge on any atom is 0.246 e. The highest BCUT2D eigenvalue weighted by Gasteiger charge is 2.30. The summed E-state index contributed by atoms with van der Waals surface area (Å²) in [5.74, 6) is 0.323. The van der Waals surface area contributed by atoms with Crippen LogP contribution in [0.3, 0.4) is 0 Å². The van der Waals surface area contributed by atoms with Crippen molar-refractivity contribution in [2.24, 2.45) is 5.92 Å². The molecule has 7 heteroatoms. The molecule has 1 amide bonds. The zero-order valence-corrected chi connectivity index (χ0v) is 14.8. The fourth-order valence-electron chi connectivity index (χ4n) is 3.12. The summed E-state index contributed by atoms with van der Waals surface area (Å²) in [6.45, 7) is 1.06. The monoisotopic (exact) mass is 352 g/mol. The van der Waals surface area contributed by atoms with Gasteiger partial charge in [0.25, 0.3) is 0 Å². The zero-order chi connectivity index (χ0) is 17.2. The lowest BCUT2D eigenvalue weighted by Gasteiger charge is -2.27. The summed E-state index contributed by atoms with van der Waals surface area (Å²) in [6, 6.07) is 4.80. The van der Waals surface area contributed by atoms with Gasteiger partial charge in [-0.3, -0.25) is 4.79 Å². The average molecular weight is 352 g/mol. The fraction of sp³-hybridized carbons (Fsp3) is 0.588. The van der Waals surface area contributed by atoms with Gasteiger partial charge in [-0.05, 0) is 43.9 Å². The standard InChI is InChI=1S/C17H24N2O4S/c1-23-15-9-8-14(18-17(20)13-6-5-7-13)12-16(15)24(21,22)19-10-3-2-4-11-19/h8-9,12-13H,2-7,10-11H2,1H3,(H,18,20). The van der Waals surface area contributed by atoms with Crippen molar-refractivity contribution in [3.63, 3.8) is 0 Å². The van der Waals surface area contributed by atoms with Crippen LogP contribution in [-0.4, -0.2) is 38.8 Å². The van der Waals surface area contributed by atoms with E-state index < -0.39 is 10.0 Å². The van der Waals surface area contributed by atoms with Gasteiger partial charge in [-0.1, -0.05) is 12.8 Å². The Hall–Kier alpha value is -1.60. The predicted octanol–water partition coefficient (Wildman–Crippen LogP) is 2.61. The van der Waals surface area contributed by atoms with Gasteiger partial charge in [-0.2, -0.15) is 4.31 Å². The van der Waals surface area contributed by atoms with Crippen molar-refractivity contribution in [3.8, 4) is 5.75 Å². The summed E-state index contributed by atoms with van der Waals surface area (Å²) in [7, 11) is -2.16. The van der Waals surface area contributed by atoms with E-state index in [1.54, 1.807) is 12.1 Å². The van der Waals surface area contributed by atoms with Crippen LogP contribution in [0.25, 0.3) is 0 Å². The first-order chi connectivity index (χ1) is 11.5. The van der Waals surface area contributed by atoms with Crippen molar-refractivity contribution < 1.29 is 17.9 Å². The van der Waals surface area contributed by atoms with Crippen LogP contribution in [0.2, 0.25) is 0 Å². The van der Waals surface area contributed by atoms with Crippen molar-refractivity contribution in [1.29, 1.82) is 0 Å². The average Bonchev–Trinajstić information content (AvgIpc) is 2.54. The smallest absolute Gasteiger partial charge is 0.246 e. The first-order valence-electron chi connectivity index (χ1n) is 8.51. The SMILES string of the molecule is COc1ccc(NC(=O)C2CCC2)cc1S(=O)(=O)N1CCCCC1. The molecule has 1 aliphatic heterocycles. The normalized spacial score (nSPS) is 19.5. The molecule has 3 rings (SSSR count). The number of piperidine rings is 1. The molecule has 0 bridgehead atoms. The van der Waals surface area contributed by atoms with Crippen LogP contribution in [0, 0.1) is 5.92 Å². The van der Waals surface area contributed by atoms with E-state index in [0.717, 1.165) is 38.5 Å². The summed E-state index contributed by atoms with van der Waals surface area (Å²) >= 11 is 0. The number of nitrogens with zero attached hydrogens (tertiary/aromatic N) is 1. The molecular formula is C17H24N2O4S.